The lowest BCUT2D eigenvalue weighted by Crippen LogP contribution is -2.16. The lowest BCUT2D eigenvalue weighted by molar-refractivity contribution is 0.102. The van der Waals surface area contributed by atoms with Crippen LogP contribution in [0.2, 0.25) is 0 Å². The summed E-state index contributed by atoms with van der Waals surface area (Å²) in [6.07, 6.45) is 1.37. The van der Waals surface area contributed by atoms with E-state index in [-0.39, 0.29) is 11.4 Å². The Bertz CT molecular complexity index is 1290. The number of carbonyl (C=O) groups excluding carboxylic acids is 1. The molecule has 7 nitrogen and oxygen atoms in total. The van der Waals surface area contributed by atoms with Crippen LogP contribution in [0.25, 0.3) is 16.7 Å². The minimum atomic E-state index is -0.448. The Morgan fingerprint density at radius 1 is 1.00 bits per heavy atom. The van der Waals surface area contributed by atoms with E-state index < -0.39 is 5.91 Å². The molecule has 7 heteroatoms. The molecular weight excluding hydrogens is 352 g/mol. The highest BCUT2D eigenvalue weighted by atomic mass is 16.1. The molecule has 28 heavy (non-hydrogen) atoms. The van der Waals surface area contributed by atoms with E-state index in [0.29, 0.717) is 16.9 Å². The third kappa shape index (κ3) is 3.05. The second kappa shape index (κ2) is 7.02. The third-order valence-corrected chi connectivity index (χ3v) is 4.18. The summed E-state index contributed by atoms with van der Waals surface area (Å²) in [5, 5.41) is 26.3. The van der Waals surface area contributed by atoms with E-state index in [1.807, 2.05) is 42.5 Å². The van der Waals surface area contributed by atoms with Crippen molar-refractivity contribution in [2.24, 2.45) is 0 Å². The molecule has 2 heterocycles. The van der Waals surface area contributed by atoms with Crippen molar-refractivity contribution in [2.75, 3.05) is 5.32 Å². The van der Waals surface area contributed by atoms with Crippen LogP contribution in [0.3, 0.4) is 0 Å². The van der Waals surface area contributed by atoms with Gasteiger partial charge < -0.3 is 5.32 Å². The highest BCUT2D eigenvalue weighted by Crippen LogP contribution is 2.21. The molecule has 4 aromatic rings. The molecule has 0 saturated carbocycles. The molecule has 4 rings (SSSR count). The summed E-state index contributed by atoms with van der Waals surface area (Å²) in [6, 6.07) is 21.6. The lowest BCUT2D eigenvalue weighted by atomic mass is 10.1. The van der Waals surface area contributed by atoms with Crippen LogP contribution >= 0.6 is 0 Å². The Labute approximate surface area is 160 Å². The summed E-state index contributed by atoms with van der Waals surface area (Å²) in [6.45, 7) is 0. The molecular formula is C21H12N6O. The second-order valence-electron chi connectivity index (χ2n) is 5.94. The predicted molar refractivity (Wildman–Crippen MR) is 103 cm³/mol. The average molecular weight is 364 g/mol. The van der Waals surface area contributed by atoms with Crippen molar-refractivity contribution in [1.29, 1.82) is 10.5 Å². The molecule has 0 bridgehead atoms. The van der Waals surface area contributed by atoms with Crippen LogP contribution in [0.1, 0.15) is 21.5 Å². The van der Waals surface area contributed by atoms with Crippen molar-refractivity contribution in [3.8, 4) is 18.0 Å². The van der Waals surface area contributed by atoms with E-state index >= 15 is 0 Å². The van der Waals surface area contributed by atoms with Gasteiger partial charge in [0.05, 0.1) is 23.3 Å². The standard InChI is InChI=1S/C21H12N6O/c22-11-14-4-3-6-16(10-14)21(28)26-20-17(12-23)13-24-27(20)19-9-8-15-5-1-2-7-18(15)25-19/h1-10,13H,(H,26,28). The number of benzene rings is 2. The molecule has 0 aliphatic rings. The number of carbonyl (C=O) groups is 1. The first-order chi connectivity index (χ1) is 13.7. The fourth-order valence-corrected chi connectivity index (χ4v) is 2.81. The second-order valence-corrected chi connectivity index (χ2v) is 5.94. The number of nitrogens with one attached hydrogen (secondary N) is 1. The maximum absolute atomic E-state index is 12.7. The van der Waals surface area contributed by atoms with Crippen molar-refractivity contribution < 1.29 is 4.79 Å². The van der Waals surface area contributed by atoms with Crippen LogP contribution in [0.5, 0.6) is 0 Å². The van der Waals surface area contributed by atoms with Gasteiger partial charge in [-0.15, -0.1) is 0 Å². The summed E-state index contributed by atoms with van der Waals surface area (Å²) >= 11 is 0. The Balaban J connectivity index is 1.75. The van der Waals surface area contributed by atoms with Crippen LogP contribution in [-0.2, 0) is 0 Å². The smallest absolute Gasteiger partial charge is 0.256 e. The van der Waals surface area contributed by atoms with Crippen molar-refractivity contribution in [1.82, 2.24) is 14.8 Å². The zero-order chi connectivity index (χ0) is 19.5. The number of anilines is 1. The number of hydrogen-bond donors (Lipinski definition) is 1. The number of fused-ring (bicyclic) bond motifs is 1. The van der Waals surface area contributed by atoms with Crippen molar-refractivity contribution >= 4 is 22.6 Å². The van der Waals surface area contributed by atoms with E-state index in [1.54, 1.807) is 24.3 Å². The average Bonchev–Trinajstić information content (AvgIpc) is 3.15. The number of pyridine rings is 1. The topological polar surface area (TPSA) is 107 Å². The minimum absolute atomic E-state index is 0.208. The Kier molecular flexibility index (Phi) is 4.25. The van der Waals surface area contributed by atoms with Crippen LogP contribution in [0.4, 0.5) is 5.82 Å². The number of nitrogens with zero attached hydrogens (tertiary/aromatic N) is 5. The minimum Gasteiger partial charge on any atom is -0.305 e. The molecule has 2 aromatic carbocycles. The van der Waals surface area contributed by atoms with Crippen LogP contribution in [-0.4, -0.2) is 20.7 Å². The van der Waals surface area contributed by atoms with Crippen LogP contribution in [0, 0.1) is 22.7 Å². The number of rotatable bonds is 3. The molecule has 1 N–H and O–H groups in total. The normalized spacial score (nSPS) is 10.2. The molecule has 0 spiro atoms. The first-order valence-electron chi connectivity index (χ1n) is 8.35. The fraction of sp³-hybridized carbons (Fsp3) is 0. The molecule has 0 saturated heterocycles. The fourth-order valence-electron chi connectivity index (χ4n) is 2.81. The molecule has 0 aliphatic heterocycles. The monoisotopic (exact) mass is 364 g/mol. The van der Waals surface area contributed by atoms with Crippen molar-refractivity contribution in [3.63, 3.8) is 0 Å². The van der Waals surface area contributed by atoms with E-state index in [0.717, 1.165) is 10.9 Å². The van der Waals surface area contributed by atoms with Gasteiger partial charge in [0.15, 0.2) is 11.6 Å². The highest BCUT2D eigenvalue weighted by Gasteiger charge is 2.17. The third-order valence-electron chi connectivity index (χ3n) is 4.18. The van der Waals surface area contributed by atoms with Crippen molar-refractivity contribution in [3.05, 3.63) is 83.6 Å². The zero-order valence-corrected chi connectivity index (χ0v) is 14.5. The SMILES string of the molecule is N#Cc1cccc(C(=O)Nc2c(C#N)cnn2-c2ccc3ccccc3n2)c1. The first-order valence-corrected chi connectivity index (χ1v) is 8.35. The van der Waals surface area contributed by atoms with E-state index in [1.165, 1.54) is 16.9 Å². The van der Waals surface area contributed by atoms with Gasteiger partial charge in [0, 0.05) is 10.9 Å². The first kappa shape index (κ1) is 17.0. The summed E-state index contributed by atoms with van der Waals surface area (Å²) < 4.78 is 1.41. The number of hydrogen-bond acceptors (Lipinski definition) is 5. The molecule has 132 valence electrons. The Morgan fingerprint density at radius 2 is 1.86 bits per heavy atom. The molecule has 2 aromatic heterocycles. The zero-order valence-electron chi connectivity index (χ0n) is 14.5. The Hall–Kier alpha value is -4.49. The summed E-state index contributed by atoms with van der Waals surface area (Å²) in [7, 11) is 0. The predicted octanol–water partition coefficient (Wildman–Crippen LogP) is 3.42. The largest absolute Gasteiger partial charge is 0.305 e. The van der Waals surface area contributed by atoms with Gasteiger partial charge in [-0.3, -0.25) is 4.79 Å². The number of aromatic nitrogens is 3. The maximum atomic E-state index is 12.7. The van der Waals surface area contributed by atoms with Gasteiger partial charge in [-0.25, -0.2) is 4.98 Å². The molecule has 0 fully saturated rings. The summed E-state index contributed by atoms with van der Waals surface area (Å²) in [5.74, 6) is 0.245. The van der Waals surface area contributed by atoms with E-state index in [2.05, 4.69) is 15.4 Å². The van der Waals surface area contributed by atoms with Gasteiger partial charge >= 0.3 is 0 Å². The van der Waals surface area contributed by atoms with E-state index in [4.69, 9.17) is 5.26 Å². The summed E-state index contributed by atoms with van der Waals surface area (Å²) in [4.78, 5) is 17.2. The van der Waals surface area contributed by atoms with Gasteiger partial charge in [0.25, 0.3) is 5.91 Å². The van der Waals surface area contributed by atoms with Crippen molar-refractivity contribution in [2.45, 2.75) is 0 Å². The number of nitriles is 2. The van der Waals surface area contributed by atoms with Gasteiger partial charge in [0.1, 0.15) is 11.6 Å². The molecule has 0 atom stereocenters. The van der Waals surface area contributed by atoms with Gasteiger partial charge in [-0.2, -0.15) is 20.3 Å². The summed E-state index contributed by atoms with van der Waals surface area (Å²) in [5.41, 5.74) is 1.66. The van der Waals surface area contributed by atoms with Gasteiger partial charge in [-0.1, -0.05) is 24.3 Å². The van der Waals surface area contributed by atoms with E-state index in [9.17, 15) is 10.1 Å². The quantitative estimate of drug-likeness (QED) is 0.599. The number of amides is 1. The van der Waals surface area contributed by atoms with Crippen LogP contribution in [0.15, 0.2) is 66.9 Å². The number of para-hydroxylation sites is 1. The lowest BCUT2D eigenvalue weighted by Gasteiger charge is -2.10. The van der Waals surface area contributed by atoms with Gasteiger partial charge in [-0.05, 0) is 36.4 Å². The molecule has 0 aliphatic carbocycles. The Morgan fingerprint density at radius 3 is 2.68 bits per heavy atom. The van der Waals surface area contributed by atoms with Gasteiger partial charge in [0.2, 0.25) is 0 Å². The van der Waals surface area contributed by atoms with Crippen LogP contribution < -0.4 is 5.32 Å². The maximum Gasteiger partial charge on any atom is 0.256 e. The highest BCUT2D eigenvalue weighted by molar-refractivity contribution is 6.04. The molecule has 0 radical (unpaired) electrons. The molecule has 0 unspecified atom stereocenters. The molecule has 1 amide bonds.